The molecule has 0 aromatic carbocycles. The SMILES string of the molecule is O=C(O)COC1C=CC(n2nnc3c(Cl)nc(SCCC(F)(F)F)nc32)C1. The topological polar surface area (TPSA) is 103 Å². The average Bonchev–Trinajstić information content (AvgIpc) is 3.18. The third-order valence-corrected chi connectivity index (χ3v) is 4.75. The smallest absolute Gasteiger partial charge is 0.389 e. The molecule has 1 aliphatic carbocycles. The zero-order valence-corrected chi connectivity index (χ0v) is 15.1. The highest BCUT2D eigenvalue weighted by molar-refractivity contribution is 7.99. The second-order valence-corrected chi connectivity index (χ2v) is 7.07. The third kappa shape index (κ3) is 5.08. The fourth-order valence-corrected chi connectivity index (χ4v) is 3.53. The van der Waals surface area contributed by atoms with Crippen molar-refractivity contribution < 1.29 is 27.8 Å². The van der Waals surface area contributed by atoms with Crippen LogP contribution in [0.4, 0.5) is 13.2 Å². The number of rotatable bonds is 7. The van der Waals surface area contributed by atoms with E-state index in [2.05, 4.69) is 20.3 Å². The molecule has 0 aliphatic heterocycles. The number of nitrogens with zero attached hydrogens (tertiary/aromatic N) is 5. The van der Waals surface area contributed by atoms with E-state index in [0.717, 1.165) is 11.8 Å². The number of aliphatic carboxylic acids is 1. The van der Waals surface area contributed by atoms with Gasteiger partial charge in [-0.05, 0) is 0 Å². The van der Waals surface area contributed by atoms with Gasteiger partial charge in [0.2, 0.25) is 0 Å². The van der Waals surface area contributed by atoms with Crippen LogP contribution in [0.1, 0.15) is 18.9 Å². The van der Waals surface area contributed by atoms with Crippen LogP contribution in [0.2, 0.25) is 5.15 Å². The highest BCUT2D eigenvalue weighted by Crippen LogP contribution is 2.30. The third-order valence-electron chi connectivity index (χ3n) is 3.63. The van der Waals surface area contributed by atoms with Crippen molar-refractivity contribution in [1.82, 2.24) is 25.0 Å². The molecular weight excluding hydrogens is 411 g/mol. The van der Waals surface area contributed by atoms with E-state index in [1.807, 2.05) is 0 Å². The maximum Gasteiger partial charge on any atom is 0.389 e. The van der Waals surface area contributed by atoms with Crippen LogP contribution >= 0.6 is 23.4 Å². The minimum absolute atomic E-state index is 0.00131. The Morgan fingerprint density at radius 3 is 2.89 bits per heavy atom. The molecule has 2 aromatic rings. The largest absolute Gasteiger partial charge is 0.480 e. The van der Waals surface area contributed by atoms with Gasteiger partial charge in [0.25, 0.3) is 0 Å². The molecule has 0 radical (unpaired) electrons. The fourth-order valence-electron chi connectivity index (χ4n) is 2.46. The van der Waals surface area contributed by atoms with Crippen molar-refractivity contribution in [1.29, 1.82) is 0 Å². The van der Waals surface area contributed by atoms with E-state index < -0.39 is 31.3 Å². The molecule has 0 amide bonds. The molecule has 13 heteroatoms. The first-order valence-electron chi connectivity index (χ1n) is 7.72. The second kappa shape index (κ2) is 7.98. The summed E-state index contributed by atoms with van der Waals surface area (Å²) in [6.45, 7) is -0.423. The number of ether oxygens (including phenoxy) is 1. The van der Waals surface area contributed by atoms with Crippen molar-refractivity contribution in [2.24, 2.45) is 0 Å². The van der Waals surface area contributed by atoms with E-state index in [0.29, 0.717) is 6.42 Å². The number of hydrogen-bond acceptors (Lipinski definition) is 7. The first-order chi connectivity index (χ1) is 12.7. The normalized spacial score (nSPS) is 19.9. The highest BCUT2D eigenvalue weighted by atomic mass is 35.5. The number of carbonyl (C=O) groups is 1. The molecule has 27 heavy (non-hydrogen) atoms. The number of hydrogen-bond donors (Lipinski definition) is 1. The molecule has 2 atom stereocenters. The van der Waals surface area contributed by atoms with Gasteiger partial charge in [-0.1, -0.05) is 40.7 Å². The molecule has 0 spiro atoms. The molecule has 1 aliphatic rings. The van der Waals surface area contributed by atoms with Gasteiger partial charge >= 0.3 is 12.1 Å². The maximum absolute atomic E-state index is 12.3. The summed E-state index contributed by atoms with van der Waals surface area (Å²) in [4.78, 5) is 18.8. The van der Waals surface area contributed by atoms with Crippen molar-refractivity contribution >= 4 is 40.5 Å². The van der Waals surface area contributed by atoms with Gasteiger partial charge in [-0.2, -0.15) is 13.2 Å². The zero-order chi connectivity index (χ0) is 19.6. The lowest BCUT2D eigenvalue weighted by atomic mass is 10.2. The highest BCUT2D eigenvalue weighted by Gasteiger charge is 2.28. The van der Waals surface area contributed by atoms with Crippen LogP contribution in [-0.4, -0.2) is 60.7 Å². The minimum atomic E-state index is -4.26. The average molecular weight is 424 g/mol. The summed E-state index contributed by atoms with van der Waals surface area (Å²) in [5.74, 6) is -1.31. The van der Waals surface area contributed by atoms with Gasteiger partial charge < -0.3 is 9.84 Å². The van der Waals surface area contributed by atoms with E-state index in [1.165, 1.54) is 4.68 Å². The van der Waals surface area contributed by atoms with Crippen LogP contribution in [0.5, 0.6) is 0 Å². The Labute approximate surface area is 159 Å². The van der Waals surface area contributed by atoms with E-state index in [4.69, 9.17) is 21.4 Å². The first-order valence-corrected chi connectivity index (χ1v) is 9.09. The summed E-state index contributed by atoms with van der Waals surface area (Å²) in [6, 6.07) is -0.298. The molecule has 8 nitrogen and oxygen atoms in total. The summed E-state index contributed by atoms with van der Waals surface area (Å²) < 4.78 is 43.6. The van der Waals surface area contributed by atoms with Gasteiger partial charge in [-0.25, -0.2) is 19.4 Å². The van der Waals surface area contributed by atoms with Crippen LogP contribution in [0.3, 0.4) is 0 Å². The van der Waals surface area contributed by atoms with Crippen LogP contribution < -0.4 is 0 Å². The molecule has 1 N–H and O–H groups in total. The predicted molar refractivity (Wildman–Crippen MR) is 89.7 cm³/mol. The van der Waals surface area contributed by atoms with E-state index >= 15 is 0 Å². The summed E-state index contributed by atoms with van der Waals surface area (Å²) >= 11 is 6.89. The number of halogens is 4. The van der Waals surface area contributed by atoms with Crippen LogP contribution in [0, 0.1) is 0 Å². The van der Waals surface area contributed by atoms with Gasteiger partial charge in [0, 0.05) is 12.2 Å². The lowest BCUT2D eigenvalue weighted by Gasteiger charge is -2.12. The summed E-state index contributed by atoms with van der Waals surface area (Å²) in [5.41, 5.74) is 0.526. The van der Waals surface area contributed by atoms with Gasteiger partial charge in [0.15, 0.2) is 21.5 Å². The Balaban J connectivity index is 1.75. The Bertz CT molecular complexity index is 876. The molecule has 3 rings (SSSR count). The van der Waals surface area contributed by atoms with Gasteiger partial charge in [-0.15, -0.1) is 5.10 Å². The van der Waals surface area contributed by atoms with Crippen molar-refractivity contribution in [3.05, 3.63) is 17.3 Å². The van der Waals surface area contributed by atoms with Crippen LogP contribution in [0.15, 0.2) is 17.3 Å². The standard InChI is InChI=1S/C14H13ClF3N5O3S/c15-11-10-12(20-13(19-11)27-4-3-14(16,17)18)23(22-21-10)7-1-2-8(5-7)26-6-9(24)25/h1-2,7-8H,3-6H2,(H,24,25). The number of allylic oxidation sites excluding steroid dienone is 1. The molecule has 0 bridgehead atoms. The number of thioether (sulfide) groups is 1. The van der Waals surface area contributed by atoms with E-state index in [-0.39, 0.29) is 33.3 Å². The predicted octanol–water partition coefficient (Wildman–Crippen LogP) is 2.89. The molecule has 2 heterocycles. The van der Waals surface area contributed by atoms with E-state index in [9.17, 15) is 18.0 Å². The number of alkyl halides is 3. The van der Waals surface area contributed by atoms with Crippen molar-refractivity contribution in [2.75, 3.05) is 12.4 Å². The minimum Gasteiger partial charge on any atom is -0.480 e. The van der Waals surface area contributed by atoms with Gasteiger partial charge in [-0.3, -0.25) is 0 Å². The Morgan fingerprint density at radius 1 is 1.41 bits per heavy atom. The summed E-state index contributed by atoms with van der Waals surface area (Å²) in [6.07, 6.45) is -1.73. The van der Waals surface area contributed by atoms with Crippen LogP contribution in [-0.2, 0) is 9.53 Å². The lowest BCUT2D eigenvalue weighted by molar-refractivity contribution is -0.143. The molecule has 0 fully saturated rings. The quantitative estimate of drug-likeness (QED) is 0.314. The number of carboxylic acid groups (broad SMARTS) is 1. The molecule has 0 saturated carbocycles. The molecular formula is C14H13ClF3N5O3S. The van der Waals surface area contributed by atoms with Crippen molar-refractivity contribution in [3.63, 3.8) is 0 Å². The first kappa shape index (κ1) is 19.8. The van der Waals surface area contributed by atoms with Crippen molar-refractivity contribution in [2.45, 2.75) is 36.3 Å². The molecule has 0 saturated heterocycles. The number of fused-ring (bicyclic) bond motifs is 1. The Morgan fingerprint density at radius 2 is 2.19 bits per heavy atom. The summed E-state index contributed by atoms with van der Waals surface area (Å²) in [5, 5.41) is 16.7. The molecule has 2 aromatic heterocycles. The fraction of sp³-hybridized carbons (Fsp3) is 0.500. The van der Waals surface area contributed by atoms with E-state index in [1.54, 1.807) is 12.2 Å². The number of carboxylic acids is 1. The monoisotopic (exact) mass is 423 g/mol. The van der Waals surface area contributed by atoms with Crippen LogP contribution in [0.25, 0.3) is 11.2 Å². The van der Waals surface area contributed by atoms with Gasteiger partial charge in [0.1, 0.15) is 6.61 Å². The molecule has 2 unspecified atom stereocenters. The Hall–Kier alpha value is -1.92. The van der Waals surface area contributed by atoms with Gasteiger partial charge in [0.05, 0.1) is 18.6 Å². The number of aromatic nitrogens is 5. The lowest BCUT2D eigenvalue weighted by Crippen LogP contribution is -2.17. The zero-order valence-electron chi connectivity index (χ0n) is 13.6. The molecule has 146 valence electrons. The van der Waals surface area contributed by atoms with Crippen molar-refractivity contribution in [3.8, 4) is 0 Å². The Kier molecular flexibility index (Phi) is 5.86. The second-order valence-electron chi connectivity index (χ2n) is 5.65. The summed E-state index contributed by atoms with van der Waals surface area (Å²) in [7, 11) is 0. The maximum atomic E-state index is 12.3.